The first-order valence-electron chi connectivity index (χ1n) is 6.51. The standard InChI is InChI=1S/C14H16F3N3.2ClH/c15-14(16,17)9-13(20-7-5-19-6-8-20)12-3-1-11(10-18)2-4-12;;/h1-4,13,19H,5-9H2;2*1H/t13-;;/m1../s1. The van der Waals surface area contributed by atoms with Crippen molar-refractivity contribution in [2.45, 2.75) is 18.6 Å². The highest BCUT2D eigenvalue weighted by atomic mass is 35.5. The number of nitrogens with one attached hydrogen (secondary N) is 1. The number of piperazine rings is 1. The number of alkyl halides is 3. The van der Waals surface area contributed by atoms with Crippen LogP contribution in [0.1, 0.15) is 23.6 Å². The summed E-state index contributed by atoms with van der Waals surface area (Å²) in [6.07, 6.45) is -5.07. The van der Waals surface area contributed by atoms with Gasteiger partial charge in [-0.2, -0.15) is 18.4 Å². The molecule has 124 valence electrons. The second-order valence-corrected chi connectivity index (χ2v) is 4.85. The molecule has 1 aromatic rings. The van der Waals surface area contributed by atoms with Crippen LogP contribution in [0, 0.1) is 11.3 Å². The molecule has 0 aromatic heterocycles. The fourth-order valence-corrected chi connectivity index (χ4v) is 2.45. The van der Waals surface area contributed by atoms with Crippen LogP contribution in [0.25, 0.3) is 0 Å². The van der Waals surface area contributed by atoms with E-state index in [9.17, 15) is 13.2 Å². The number of hydrogen-bond donors (Lipinski definition) is 1. The van der Waals surface area contributed by atoms with Crippen molar-refractivity contribution in [3.8, 4) is 6.07 Å². The van der Waals surface area contributed by atoms with Gasteiger partial charge in [-0.25, -0.2) is 0 Å². The molecule has 1 aromatic carbocycles. The van der Waals surface area contributed by atoms with Crippen LogP contribution in [-0.2, 0) is 0 Å². The first-order valence-corrected chi connectivity index (χ1v) is 6.51. The maximum absolute atomic E-state index is 12.8. The summed E-state index contributed by atoms with van der Waals surface area (Å²) in [6.45, 7) is 2.59. The molecule has 1 aliphatic heterocycles. The van der Waals surface area contributed by atoms with Gasteiger partial charge in [0.25, 0.3) is 0 Å². The minimum Gasteiger partial charge on any atom is -0.314 e. The van der Waals surface area contributed by atoms with E-state index in [1.165, 1.54) is 0 Å². The zero-order chi connectivity index (χ0) is 14.6. The van der Waals surface area contributed by atoms with Gasteiger partial charge in [0.05, 0.1) is 18.1 Å². The van der Waals surface area contributed by atoms with Crippen LogP contribution in [0.5, 0.6) is 0 Å². The van der Waals surface area contributed by atoms with Crippen LogP contribution in [0.4, 0.5) is 13.2 Å². The molecule has 0 bridgehead atoms. The predicted octanol–water partition coefficient (Wildman–Crippen LogP) is 3.30. The highest BCUT2D eigenvalue weighted by molar-refractivity contribution is 5.85. The minimum atomic E-state index is -4.20. The van der Waals surface area contributed by atoms with Crippen LogP contribution in [0.2, 0.25) is 0 Å². The van der Waals surface area contributed by atoms with Crippen molar-refractivity contribution in [1.29, 1.82) is 5.26 Å². The Kier molecular flexibility index (Phi) is 8.79. The van der Waals surface area contributed by atoms with E-state index in [1.807, 2.05) is 11.0 Å². The van der Waals surface area contributed by atoms with Crippen LogP contribution < -0.4 is 5.32 Å². The summed E-state index contributed by atoms with van der Waals surface area (Å²) in [6, 6.07) is 7.68. The number of rotatable bonds is 3. The molecule has 0 radical (unpaired) electrons. The van der Waals surface area contributed by atoms with Gasteiger partial charge in [-0.3, -0.25) is 4.90 Å². The van der Waals surface area contributed by atoms with E-state index in [4.69, 9.17) is 5.26 Å². The summed E-state index contributed by atoms with van der Waals surface area (Å²) in [4.78, 5) is 1.85. The van der Waals surface area contributed by atoms with Crippen molar-refractivity contribution in [2.24, 2.45) is 0 Å². The van der Waals surface area contributed by atoms with E-state index in [2.05, 4.69) is 5.32 Å². The van der Waals surface area contributed by atoms with E-state index >= 15 is 0 Å². The first-order chi connectivity index (χ1) is 9.49. The van der Waals surface area contributed by atoms with Gasteiger partial charge in [0.1, 0.15) is 0 Å². The molecule has 1 heterocycles. The van der Waals surface area contributed by atoms with Gasteiger partial charge in [0.2, 0.25) is 0 Å². The molecule has 1 atom stereocenters. The highest BCUT2D eigenvalue weighted by Crippen LogP contribution is 2.34. The molecule has 1 aliphatic rings. The average Bonchev–Trinajstić information content (AvgIpc) is 2.45. The Hall–Kier alpha value is -1.00. The quantitative estimate of drug-likeness (QED) is 0.903. The van der Waals surface area contributed by atoms with Crippen molar-refractivity contribution in [3.63, 3.8) is 0 Å². The maximum atomic E-state index is 12.8. The molecule has 1 saturated heterocycles. The van der Waals surface area contributed by atoms with Crippen molar-refractivity contribution < 1.29 is 13.2 Å². The fraction of sp³-hybridized carbons (Fsp3) is 0.500. The Morgan fingerprint density at radius 1 is 1.14 bits per heavy atom. The van der Waals surface area contributed by atoms with Crippen LogP contribution in [0.15, 0.2) is 24.3 Å². The average molecular weight is 356 g/mol. The second kappa shape index (κ2) is 9.21. The van der Waals surface area contributed by atoms with Gasteiger partial charge in [-0.1, -0.05) is 12.1 Å². The van der Waals surface area contributed by atoms with Crippen LogP contribution in [0.3, 0.4) is 0 Å². The number of benzene rings is 1. The SMILES string of the molecule is Cl.Cl.N#Cc1ccc([C@@H](CC(F)(F)F)N2CCNCC2)cc1. The summed E-state index contributed by atoms with van der Waals surface area (Å²) >= 11 is 0. The van der Waals surface area contributed by atoms with Gasteiger partial charge in [0.15, 0.2) is 0 Å². The zero-order valence-electron chi connectivity index (χ0n) is 11.8. The Morgan fingerprint density at radius 2 is 1.68 bits per heavy atom. The molecule has 0 unspecified atom stereocenters. The molecule has 22 heavy (non-hydrogen) atoms. The summed E-state index contributed by atoms with van der Waals surface area (Å²) in [5.41, 5.74) is 1.07. The third kappa shape index (κ3) is 6.01. The molecule has 8 heteroatoms. The van der Waals surface area contributed by atoms with E-state index in [0.29, 0.717) is 37.3 Å². The van der Waals surface area contributed by atoms with Gasteiger partial charge >= 0.3 is 6.18 Å². The largest absolute Gasteiger partial charge is 0.390 e. The third-order valence-corrected chi connectivity index (χ3v) is 3.44. The Morgan fingerprint density at radius 3 is 2.14 bits per heavy atom. The van der Waals surface area contributed by atoms with Gasteiger partial charge < -0.3 is 5.32 Å². The molecule has 0 spiro atoms. The van der Waals surface area contributed by atoms with Crippen LogP contribution >= 0.6 is 24.8 Å². The molecular formula is C14H18Cl2F3N3. The summed E-state index contributed by atoms with van der Waals surface area (Å²) in [7, 11) is 0. The molecule has 2 rings (SSSR count). The van der Waals surface area contributed by atoms with Gasteiger partial charge in [-0.05, 0) is 17.7 Å². The predicted molar refractivity (Wildman–Crippen MR) is 83.5 cm³/mol. The Bertz CT molecular complexity index is 480. The molecule has 1 fully saturated rings. The maximum Gasteiger partial charge on any atom is 0.390 e. The number of nitrogens with zero attached hydrogens (tertiary/aromatic N) is 2. The molecule has 0 amide bonds. The van der Waals surface area contributed by atoms with E-state index in [0.717, 1.165) is 0 Å². The third-order valence-electron chi connectivity index (χ3n) is 3.44. The summed E-state index contributed by atoms with van der Waals surface area (Å²) in [5.74, 6) is 0. The minimum absolute atomic E-state index is 0. The summed E-state index contributed by atoms with van der Waals surface area (Å²) < 4.78 is 38.4. The molecule has 3 nitrogen and oxygen atoms in total. The zero-order valence-corrected chi connectivity index (χ0v) is 13.4. The summed E-state index contributed by atoms with van der Waals surface area (Å²) in [5, 5.41) is 11.9. The fourth-order valence-electron chi connectivity index (χ4n) is 2.45. The van der Waals surface area contributed by atoms with Crippen LogP contribution in [-0.4, -0.2) is 37.3 Å². The van der Waals surface area contributed by atoms with Crippen molar-refractivity contribution in [3.05, 3.63) is 35.4 Å². The lowest BCUT2D eigenvalue weighted by molar-refractivity contribution is -0.148. The normalized spacial score (nSPS) is 16.8. The lowest BCUT2D eigenvalue weighted by Gasteiger charge is -2.35. The monoisotopic (exact) mass is 355 g/mol. The number of hydrogen-bond acceptors (Lipinski definition) is 3. The van der Waals surface area contributed by atoms with E-state index in [1.54, 1.807) is 24.3 Å². The molecule has 0 aliphatic carbocycles. The van der Waals surface area contributed by atoms with E-state index in [-0.39, 0.29) is 24.8 Å². The second-order valence-electron chi connectivity index (χ2n) is 4.85. The molecule has 1 N–H and O–H groups in total. The molecular weight excluding hydrogens is 338 g/mol. The Balaban J connectivity index is 0.00000220. The number of nitriles is 1. The smallest absolute Gasteiger partial charge is 0.314 e. The first kappa shape index (κ1) is 21.0. The Labute approximate surface area is 140 Å². The lowest BCUT2D eigenvalue weighted by atomic mass is 9.99. The van der Waals surface area contributed by atoms with Crippen molar-refractivity contribution in [1.82, 2.24) is 10.2 Å². The highest BCUT2D eigenvalue weighted by Gasteiger charge is 2.35. The molecule has 0 saturated carbocycles. The van der Waals surface area contributed by atoms with Gasteiger partial charge in [0, 0.05) is 32.2 Å². The van der Waals surface area contributed by atoms with Gasteiger partial charge in [-0.15, -0.1) is 24.8 Å². The number of halogens is 5. The van der Waals surface area contributed by atoms with E-state index < -0.39 is 18.6 Å². The lowest BCUT2D eigenvalue weighted by Crippen LogP contribution is -2.46. The van der Waals surface area contributed by atoms with Crippen molar-refractivity contribution >= 4 is 24.8 Å². The topological polar surface area (TPSA) is 39.1 Å². The van der Waals surface area contributed by atoms with Crippen molar-refractivity contribution in [2.75, 3.05) is 26.2 Å².